The standard InChI is InChI=1S/C24H29FN4O/c1-16(2)14-29-8-6-17(7-9-29)23(30)11-22-24(25)21-10-18(4-5-19(21)12-26-22)20-13-27-28(3)15-20/h4-5,10,12-13,15-17H,6-9,11,14H2,1-3H3. The lowest BCUT2D eigenvalue weighted by molar-refractivity contribution is -0.123. The van der Waals surface area contributed by atoms with E-state index in [4.69, 9.17) is 0 Å². The number of aryl methyl sites for hydroxylation is 1. The SMILES string of the molecule is CC(C)CN1CCC(C(=O)Cc2ncc3ccc(-c4cnn(C)c4)cc3c2F)CC1. The third kappa shape index (κ3) is 4.43. The fraction of sp³-hybridized carbons (Fsp3) is 0.458. The van der Waals surface area contributed by atoms with Crippen molar-refractivity contribution < 1.29 is 9.18 Å². The van der Waals surface area contributed by atoms with Crippen molar-refractivity contribution in [2.24, 2.45) is 18.9 Å². The normalized spacial score (nSPS) is 15.9. The second kappa shape index (κ2) is 8.64. The average Bonchev–Trinajstić information content (AvgIpc) is 3.16. The van der Waals surface area contributed by atoms with Crippen molar-refractivity contribution in [3.05, 3.63) is 48.3 Å². The molecule has 1 aromatic carbocycles. The number of nitrogens with zero attached hydrogens (tertiary/aromatic N) is 4. The van der Waals surface area contributed by atoms with Gasteiger partial charge in [0.05, 0.1) is 18.3 Å². The minimum absolute atomic E-state index is 0.00652. The number of carbonyl (C=O) groups is 1. The minimum Gasteiger partial charge on any atom is -0.303 e. The first kappa shape index (κ1) is 20.7. The van der Waals surface area contributed by atoms with Crippen molar-refractivity contribution in [1.82, 2.24) is 19.7 Å². The molecule has 0 radical (unpaired) electrons. The second-order valence-electron chi connectivity index (χ2n) is 8.84. The molecule has 0 saturated carbocycles. The van der Waals surface area contributed by atoms with Gasteiger partial charge in [0.1, 0.15) is 5.78 Å². The molecule has 4 rings (SSSR count). The van der Waals surface area contributed by atoms with Gasteiger partial charge < -0.3 is 4.90 Å². The van der Waals surface area contributed by atoms with Gasteiger partial charge in [0.2, 0.25) is 0 Å². The lowest BCUT2D eigenvalue weighted by Gasteiger charge is -2.32. The lowest BCUT2D eigenvalue weighted by atomic mass is 9.89. The van der Waals surface area contributed by atoms with Gasteiger partial charge in [0.25, 0.3) is 0 Å². The monoisotopic (exact) mass is 408 g/mol. The van der Waals surface area contributed by atoms with Crippen LogP contribution in [-0.2, 0) is 18.3 Å². The highest BCUT2D eigenvalue weighted by Crippen LogP contribution is 2.28. The van der Waals surface area contributed by atoms with E-state index in [9.17, 15) is 4.79 Å². The van der Waals surface area contributed by atoms with E-state index >= 15 is 4.39 Å². The van der Waals surface area contributed by atoms with Crippen LogP contribution in [0.15, 0.2) is 36.8 Å². The maximum atomic E-state index is 15.3. The molecule has 3 aromatic rings. The molecular weight excluding hydrogens is 379 g/mol. The molecule has 0 amide bonds. The summed E-state index contributed by atoms with van der Waals surface area (Å²) in [5, 5.41) is 5.42. The van der Waals surface area contributed by atoms with Crippen molar-refractivity contribution >= 4 is 16.6 Å². The molecule has 1 saturated heterocycles. The number of halogens is 1. The molecule has 158 valence electrons. The van der Waals surface area contributed by atoms with E-state index in [2.05, 4.69) is 28.8 Å². The topological polar surface area (TPSA) is 51.0 Å². The van der Waals surface area contributed by atoms with Crippen LogP contribution < -0.4 is 0 Å². The number of hydrogen-bond donors (Lipinski definition) is 0. The first-order valence-electron chi connectivity index (χ1n) is 10.7. The van der Waals surface area contributed by atoms with Gasteiger partial charge in [-0.3, -0.25) is 14.5 Å². The third-order valence-corrected chi connectivity index (χ3v) is 5.95. The zero-order chi connectivity index (χ0) is 21.3. The van der Waals surface area contributed by atoms with Crippen LogP contribution >= 0.6 is 0 Å². The summed E-state index contributed by atoms with van der Waals surface area (Å²) in [6.45, 7) is 7.38. The molecule has 0 spiro atoms. The molecule has 2 aromatic heterocycles. The van der Waals surface area contributed by atoms with Crippen molar-refractivity contribution in [3.63, 3.8) is 0 Å². The molecule has 0 bridgehead atoms. The number of carbonyl (C=O) groups excluding carboxylic acids is 1. The highest BCUT2D eigenvalue weighted by Gasteiger charge is 2.26. The second-order valence-corrected chi connectivity index (χ2v) is 8.84. The quantitative estimate of drug-likeness (QED) is 0.612. The van der Waals surface area contributed by atoms with Crippen LogP contribution in [0.2, 0.25) is 0 Å². The number of likely N-dealkylation sites (tertiary alicyclic amines) is 1. The van der Waals surface area contributed by atoms with E-state index < -0.39 is 0 Å². The first-order chi connectivity index (χ1) is 14.4. The largest absolute Gasteiger partial charge is 0.303 e. The highest BCUT2D eigenvalue weighted by atomic mass is 19.1. The molecule has 1 aliphatic heterocycles. The van der Waals surface area contributed by atoms with E-state index in [1.807, 2.05) is 31.4 Å². The Bertz CT molecular complexity index is 1050. The molecule has 3 heterocycles. The zero-order valence-corrected chi connectivity index (χ0v) is 17.9. The van der Waals surface area contributed by atoms with Crippen LogP contribution in [0, 0.1) is 17.7 Å². The van der Waals surface area contributed by atoms with E-state index in [0.29, 0.717) is 11.3 Å². The minimum atomic E-state index is -0.385. The van der Waals surface area contributed by atoms with Gasteiger partial charge >= 0.3 is 0 Å². The van der Waals surface area contributed by atoms with E-state index in [1.165, 1.54) is 0 Å². The highest BCUT2D eigenvalue weighted by molar-refractivity contribution is 5.89. The van der Waals surface area contributed by atoms with Crippen LogP contribution in [-0.4, -0.2) is 45.1 Å². The number of aromatic nitrogens is 3. The summed E-state index contributed by atoms with van der Waals surface area (Å²) in [5.41, 5.74) is 2.08. The summed E-state index contributed by atoms with van der Waals surface area (Å²) < 4.78 is 17.0. The Hall–Kier alpha value is -2.60. The maximum absolute atomic E-state index is 15.3. The summed E-state index contributed by atoms with van der Waals surface area (Å²) in [4.78, 5) is 19.5. The summed E-state index contributed by atoms with van der Waals surface area (Å²) in [6.07, 6.45) is 7.09. The number of ketones is 1. The fourth-order valence-electron chi connectivity index (χ4n) is 4.35. The molecule has 0 unspecified atom stereocenters. The number of benzene rings is 1. The molecule has 0 N–H and O–H groups in total. The Morgan fingerprint density at radius 2 is 1.97 bits per heavy atom. The van der Waals surface area contributed by atoms with E-state index in [1.54, 1.807) is 17.1 Å². The van der Waals surface area contributed by atoms with Crippen LogP contribution in [0.3, 0.4) is 0 Å². The third-order valence-electron chi connectivity index (χ3n) is 5.95. The van der Waals surface area contributed by atoms with Crippen molar-refractivity contribution in [2.45, 2.75) is 33.1 Å². The van der Waals surface area contributed by atoms with Crippen molar-refractivity contribution in [1.29, 1.82) is 0 Å². The summed E-state index contributed by atoms with van der Waals surface area (Å²) in [7, 11) is 1.85. The smallest absolute Gasteiger partial charge is 0.152 e. The molecule has 1 aliphatic rings. The Labute approximate surface area is 176 Å². The number of Topliss-reactive ketones (excluding diaryl/α,β-unsaturated/α-hetero) is 1. The van der Waals surface area contributed by atoms with Crippen molar-refractivity contribution in [3.8, 4) is 11.1 Å². The van der Waals surface area contributed by atoms with E-state index in [0.717, 1.165) is 49.0 Å². The first-order valence-corrected chi connectivity index (χ1v) is 10.7. The number of fused-ring (bicyclic) bond motifs is 1. The van der Waals surface area contributed by atoms with Crippen LogP contribution in [0.1, 0.15) is 32.4 Å². The van der Waals surface area contributed by atoms with Gasteiger partial charge in [-0.25, -0.2) is 4.39 Å². The number of hydrogen-bond acceptors (Lipinski definition) is 4. The predicted octanol–water partition coefficient (Wildman–Crippen LogP) is 4.25. The molecule has 0 atom stereocenters. The fourth-order valence-corrected chi connectivity index (χ4v) is 4.35. The van der Waals surface area contributed by atoms with Gasteiger partial charge in [0, 0.05) is 48.2 Å². The van der Waals surface area contributed by atoms with Gasteiger partial charge in [-0.2, -0.15) is 5.10 Å². The Morgan fingerprint density at radius 3 is 2.63 bits per heavy atom. The summed E-state index contributed by atoms with van der Waals surface area (Å²) in [6, 6.07) is 5.63. The van der Waals surface area contributed by atoms with Gasteiger partial charge in [0.15, 0.2) is 5.82 Å². The lowest BCUT2D eigenvalue weighted by Crippen LogP contribution is -2.38. The Morgan fingerprint density at radius 1 is 1.20 bits per heavy atom. The van der Waals surface area contributed by atoms with Gasteiger partial charge in [-0.05, 0) is 43.5 Å². The van der Waals surface area contributed by atoms with Gasteiger partial charge in [-0.15, -0.1) is 0 Å². The molecule has 30 heavy (non-hydrogen) atoms. The van der Waals surface area contributed by atoms with Crippen molar-refractivity contribution in [2.75, 3.05) is 19.6 Å². The molecule has 5 nitrogen and oxygen atoms in total. The average molecular weight is 409 g/mol. The molecular formula is C24H29FN4O. The van der Waals surface area contributed by atoms with E-state index in [-0.39, 0.29) is 29.6 Å². The Balaban J connectivity index is 1.50. The molecule has 0 aliphatic carbocycles. The van der Waals surface area contributed by atoms with Gasteiger partial charge in [-0.1, -0.05) is 26.0 Å². The van der Waals surface area contributed by atoms with Crippen LogP contribution in [0.5, 0.6) is 0 Å². The molecule has 6 heteroatoms. The Kier molecular flexibility index (Phi) is 5.95. The number of piperidine rings is 1. The van der Waals surface area contributed by atoms with Crippen LogP contribution in [0.4, 0.5) is 4.39 Å². The molecule has 1 fully saturated rings. The summed E-state index contributed by atoms with van der Waals surface area (Å²) >= 11 is 0. The maximum Gasteiger partial charge on any atom is 0.152 e. The summed E-state index contributed by atoms with van der Waals surface area (Å²) in [5.74, 6) is 0.355. The number of pyridine rings is 1. The number of rotatable bonds is 6. The predicted molar refractivity (Wildman–Crippen MR) is 117 cm³/mol. The van der Waals surface area contributed by atoms with Crippen LogP contribution in [0.25, 0.3) is 21.9 Å². The zero-order valence-electron chi connectivity index (χ0n) is 17.9.